The van der Waals surface area contributed by atoms with E-state index in [-0.39, 0.29) is 0 Å². The minimum absolute atomic E-state index is 0.417. The van der Waals surface area contributed by atoms with E-state index in [1.807, 2.05) is 0 Å². The van der Waals surface area contributed by atoms with E-state index in [1.165, 1.54) is 58.3 Å². The summed E-state index contributed by atoms with van der Waals surface area (Å²) < 4.78 is 0. The smallest absolute Gasteiger partial charge is 0.00684 e. The molecule has 0 aromatic heterocycles. The molecule has 1 unspecified atom stereocenters. The Bertz CT molecular complexity index is 268. The summed E-state index contributed by atoms with van der Waals surface area (Å²) in [5.74, 6) is 1.82. The van der Waals surface area contributed by atoms with Gasteiger partial charge in [0.15, 0.2) is 0 Å². The molecule has 0 aromatic carbocycles. The van der Waals surface area contributed by atoms with Crippen molar-refractivity contribution in [2.45, 2.75) is 65.8 Å². The predicted octanol–water partition coefficient (Wildman–Crippen LogP) is 3.52. The Morgan fingerprint density at radius 1 is 1.11 bits per heavy atom. The van der Waals surface area contributed by atoms with Gasteiger partial charge in [0, 0.05) is 19.1 Å². The molecule has 2 aliphatic rings. The van der Waals surface area contributed by atoms with Crippen LogP contribution in [0.5, 0.6) is 0 Å². The van der Waals surface area contributed by atoms with Gasteiger partial charge in [-0.3, -0.25) is 0 Å². The molecule has 19 heavy (non-hydrogen) atoms. The minimum Gasteiger partial charge on any atom is -0.313 e. The maximum Gasteiger partial charge on any atom is 0.00684 e. The standard InChI is InChI=1S/C17H34N2/c1-14(2)15-6-5-10-19(11-9-15)13-17(3,4)12-18-16-7-8-16/h14-16,18H,5-13H2,1-4H3. The lowest BCUT2D eigenvalue weighted by molar-refractivity contribution is 0.175. The van der Waals surface area contributed by atoms with Crippen LogP contribution in [0.2, 0.25) is 0 Å². The third kappa shape index (κ3) is 5.43. The minimum atomic E-state index is 0.417. The van der Waals surface area contributed by atoms with Gasteiger partial charge in [-0.05, 0) is 62.4 Å². The van der Waals surface area contributed by atoms with Gasteiger partial charge in [-0.2, -0.15) is 0 Å². The van der Waals surface area contributed by atoms with Crippen molar-refractivity contribution in [1.29, 1.82) is 0 Å². The van der Waals surface area contributed by atoms with Crippen LogP contribution in [0.15, 0.2) is 0 Å². The average molecular weight is 266 g/mol. The number of nitrogens with zero attached hydrogens (tertiary/aromatic N) is 1. The first-order chi connectivity index (χ1) is 8.96. The molecule has 1 saturated carbocycles. The van der Waals surface area contributed by atoms with Crippen LogP contribution in [-0.4, -0.2) is 37.1 Å². The molecule has 2 nitrogen and oxygen atoms in total. The number of rotatable bonds is 6. The first-order valence-electron chi connectivity index (χ1n) is 8.42. The molecule has 1 aliphatic heterocycles. The van der Waals surface area contributed by atoms with Gasteiger partial charge in [0.05, 0.1) is 0 Å². The van der Waals surface area contributed by atoms with Gasteiger partial charge >= 0.3 is 0 Å². The third-order valence-electron chi connectivity index (χ3n) is 4.91. The van der Waals surface area contributed by atoms with Crippen molar-refractivity contribution >= 4 is 0 Å². The number of nitrogens with one attached hydrogen (secondary N) is 1. The molecule has 1 heterocycles. The SMILES string of the molecule is CC(C)C1CCCN(CC(C)(C)CNC2CC2)CC1. The Labute approximate surface area is 120 Å². The van der Waals surface area contributed by atoms with Gasteiger partial charge < -0.3 is 10.2 Å². The quantitative estimate of drug-likeness (QED) is 0.791. The van der Waals surface area contributed by atoms with Crippen molar-refractivity contribution in [3.05, 3.63) is 0 Å². The first-order valence-corrected chi connectivity index (χ1v) is 8.42. The van der Waals surface area contributed by atoms with E-state index in [0.717, 1.165) is 17.9 Å². The van der Waals surface area contributed by atoms with Crippen molar-refractivity contribution < 1.29 is 0 Å². The number of hydrogen-bond donors (Lipinski definition) is 1. The maximum atomic E-state index is 3.70. The second kappa shape index (κ2) is 6.58. The summed E-state index contributed by atoms with van der Waals surface area (Å²) in [6, 6.07) is 0.841. The van der Waals surface area contributed by atoms with Gasteiger partial charge in [0.2, 0.25) is 0 Å². The highest BCUT2D eigenvalue weighted by Crippen LogP contribution is 2.27. The Balaban J connectivity index is 1.74. The third-order valence-corrected chi connectivity index (χ3v) is 4.91. The number of likely N-dealkylation sites (tertiary alicyclic amines) is 1. The highest BCUT2D eigenvalue weighted by atomic mass is 15.1. The lowest BCUT2D eigenvalue weighted by Crippen LogP contribution is -2.41. The molecule has 0 aromatic rings. The molecule has 112 valence electrons. The summed E-state index contributed by atoms with van der Waals surface area (Å²) >= 11 is 0. The molecule has 1 saturated heterocycles. The van der Waals surface area contributed by atoms with Crippen molar-refractivity contribution in [3.8, 4) is 0 Å². The molecule has 2 fully saturated rings. The van der Waals surface area contributed by atoms with Crippen LogP contribution in [0.25, 0.3) is 0 Å². The summed E-state index contributed by atoms with van der Waals surface area (Å²) in [6.07, 6.45) is 7.04. The van der Waals surface area contributed by atoms with E-state index in [2.05, 4.69) is 37.9 Å². The fourth-order valence-corrected chi connectivity index (χ4v) is 3.38. The van der Waals surface area contributed by atoms with Crippen molar-refractivity contribution in [1.82, 2.24) is 10.2 Å². The lowest BCUT2D eigenvalue weighted by atomic mass is 9.89. The monoisotopic (exact) mass is 266 g/mol. The van der Waals surface area contributed by atoms with E-state index in [0.29, 0.717) is 5.41 Å². The molecule has 0 bridgehead atoms. The van der Waals surface area contributed by atoms with Crippen molar-refractivity contribution in [2.24, 2.45) is 17.3 Å². The molecular weight excluding hydrogens is 232 g/mol. The topological polar surface area (TPSA) is 15.3 Å². The fraction of sp³-hybridized carbons (Fsp3) is 1.00. The average Bonchev–Trinajstić information content (AvgIpc) is 3.13. The van der Waals surface area contributed by atoms with E-state index in [4.69, 9.17) is 0 Å². The van der Waals surface area contributed by atoms with E-state index in [1.54, 1.807) is 0 Å². The largest absolute Gasteiger partial charge is 0.313 e. The molecule has 0 spiro atoms. The fourth-order valence-electron chi connectivity index (χ4n) is 3.38. The van der Waals surface area contributed by atoms with E-state index < -0.39 is 0 Å². The van der Waals surface area contributed by atoms with Gasteiger partial charge in [0.25, 0.3) is 0 Å². The van der Waals surface area contributed by atoms with Crippen LogP contribution in [0.1, 0.15) is 59.8 Å². The van der Waals surface area contributed by atoms with Gasteiger partial charge in [-0.1, -0.05) is 27.7 Å². The Hall–Kier alpha value is -0.0800. The molecule has 2 rings (SSSR count). The van der Waals surface area contributed by atoms with Gasteiger partial charge in [-0.25, -0.2) is 0 Å². The van der Waals surface area contributed by atoms with E-state index in [9.17, 15) is 0 Å². The Morgan fingerprint density at radius 3 is 2.47 bits per heavy atom. The van der Waals surface area contributed by atoms with Gasteiger partial charge in [-0.15, -0.1) is 0 Å². The molecule has 1 N–H and O–H groups in total. The van der Waals surface area contributed by atoms with Crippen LogP contribution in [0.3, 0.4) is 0 Å². The number of hydrogen-bond acceptors (Lipinski definition) is 2. The molecule has 2 heteroatoms. The van der Waals surface area contributed by atoms with Crippen LogP contribution >= 0.6 is 0 Å². The van der Waals surface area contributed by atoms with Crippen molar-refractivity contribution in [2.75, 3.05) is 26.2 Å². The molecule has 1 atom stereocenters. The Morgan fingerprint density at radius 2 is 1.84 bits per heavy atom. The zero-order valence-electron chi connectivity index (χ0n) is 13.5. The van der Waals surface area contributed by atoms with Crippen LogP contribution < -0.4 is 5.32 Å². The summed E-state index contributed by atoms with van der Waals surface area (Å²) in [7, 11) is 0. The van der Waals surface area contributed by atoms with Crippen LogP contribution in [0, 0.1) is 17.3 Å². The van der Waals surface area contributed by atoms with Crippen LogP contribution in [-0.2, 0) is 0 Å². The second-order valence-electron chi connectivity index (χ2n) is 8.03. The maximum absolute atomic E-state index is 3.70. The first kappa shape index (κ1) is 15.3. The summed E-state index contributed by atoms with van der Waals surface area (Å²) in [5.41, 5.74) is 0.417. The van der Waals surface area contributed by atoms with Crippen molar-refractivity contribution in [3.63, 3.8) is 0 Å². The molecule has 0 radical (unpaired) electrons. The lowest BCUT2D eigenvalue weighted by Gasteiger charge is -2.32. The summed E-state index contributed by atoms with van der Waals surface area (Å²) in [4.78, 5) is 2.72. The molecule has 1 aliphatic carbocycles. The second-order valence-corrected chi connectivity index (χ2v) is 8.03. The molecule has 0 amide bonds. The van der Waals surface area contributed by atoms with Crippen LogP contribution in [0.4, 0.5) is 0 Å². The van der Waals surface area contributed by atoms with Gasteiger partial charge in [0.1, 0.15) is 0 Å². The zero-order chi connectivity index (χ0) is 13.9. The summed E-state index contributed by atoms with van der Waals surface area (Å²) in [6.45, 7) is 14.7. The summed E-state index contributed by atoms with van der Waals surface area (Å²) in [5, 5.41) is 3.70. The highest BCUT2D eigenvalue weighted by Gasteiger charge is 2.28. The highest BCUT2D eigenvalue weighted by molar-refractivity contribution is 4.86. The molecular formula is C17H34N2. The Kier molecular flexibility index (Phi) is 5.30. The zero-order valence-corrected chi connectivity index (χ0v) is 13.5. The normalized spacial score (nSPS) is 26.7. The van der Waals surface area contributed by atoms with E-state index >= 15 is 0 Å². The predicted molar refractivity (Wildman–Crippen MR) is 83.4 cm³/mol.